The van der Waals surface area contributed by atoms with E-state index in [-0.39, 0.29) is 0 Å². The fraction of sp³-hybridized carbons (Fsp3) is 0.231. The number of halogens is 2. The van der Waals surface area contributed by atoms with Gasteiger partial charge >= 0.3 is 0 Å². The average Bonchev–Trinajstić information content (AvgIpc) is 2.90. The number of hydrogen-bond acceptors (Lipinski definition) is 2. The quantitative estimate of drug-likeness (QED) is 0.713. The Morgan fingerprint density at radius 3 is 2.80 bits per heavy atom. The van der Waals surface area contributed by atoms with Crippen LogP contribution in [0.3, 0.4) is 0 Å². The first kappa shape index (κ1) is 13.7. The number of fused-ring (bicyclic) bond motifs is 1. The molecule has 7 heteroatoms. The lowest BCUT2D eigenvalue weighted by Gasteiger charge is -2.07. The molecule has 0 fully saturated rings. The van der Waals surface area contributed by atoms with Gasteiger partial charge in [0.15, 0.2) is 10.4 Å². The third kappa shape index (κ3) is 1.97. The van der Waals surface area contributed by atoms with Gasteiger partial charge in [0.1, 0.15) is 5.52 Å². The van der Waals surface area contributed by atoms with Crippen LogP contribution in [-0.2, 0) is 13.5 Å². The zero-order valence-corrected chi connectivity index (χ0v) is 13.3. The van der Waals surface area contributed by atoms with Crippen LogP contribution in [0.5, 0.6) is 0 Å². The van der Waals surface area contributed by atoms with Crippen molar-refractivity contribution in [3.05, 3.63) is 38.7 Å². The highest BCUT2D eigenvalue weighted by molar-refractivity contribution is 7.71. The molecule has 1 N–H and O–H groups in total. The predicted molar refractivity (Wildman–Crippen MR) is 84.6 cm³/mol. The molecule has 2 aromatic heterocycles. The van der Waals surface area contributed by atoms with E-state index < -0.39 is 0 Å². The minimum Gasteiger partial charge on any atom is -0.327 e. The van der Waals surface area contributed by atoms with Crippen molar-refractivity contribution < 1.29 is 0 Å². The lowest BCUT2D eigenvalue weighted by Crippen LogP contribution is -2.01. The van der Waals surface area contributed by atoms with Gasteiger partial charge in [0.25, 0.3) is 0 Å². The number of rotatable bonds is 2. The highest BCUT2D eigenvalue weighted by atomic mass is 35.5. The molecule has 0 aliphatic rings. The van der Waals surface area contributed by atoms with E-state index in [9.17, 15) is 0 Å². The van der Waals surface area contributed by atoms with Crippen LogP contribution in [0, 0.1) is 4.77 Å². The summed E-state index contributed by atoms with van der Waals surface area (Å²) in [5.41, 5.74) is 3.55. The average molecular weight is 327 g/mol. The van der Waals surface area contributed by atoms with E-state index in [2.05, 4.69) is 17.0 Å². The van der Waals surface area contributed by atoms with Gasteiger partial charge in [-0.3, -0.25) is 4.57 Å². The summed E-state index contributed by atoms with van der Waals surface area (Å²) in [5, 5.41) is 5.69. The summed E-state index contributed by atoms with van der Waals surface area (Å²) in [7, 11) is 1.89. The van der Waals surface area contributed by atoms with Crippen LogP contribution >= 0.6 is 35.4 Å². The maximum absolute atomic E-state index is 6.28. The van der Waals surface area contributed by atoms with Crippen LogP contribution in [0.25, 0.3) is 16.9 Å². The third-order valence-electron chi connectivity index (χ3n) is 3.22. The second-order valence-electron chi connectivity index (χ2n) is 4.48. The van der Waals surface area contributed by atoms with Gasteiger partial charge in [0.05, 0.1) is 16.4 Å². The van der Waals surface area contributed by atoms with Crippen molar-refractivity contribution in [3.8, 4) is 5.69 Å². The van der Waals surface area contributed by atoms with E-state index in [1.165, 1.54) is 0 Å². The highest BCUT2D eigenvalue weighted by Crippen LogP contribution is 2.29. The zero-order valence-electron chi connectivity index (χ0n) is 10.9. The lowest BCUT2D eigenvalue weighted by atomic mass is 10.3. The van der Waals surface area contributed by atoms with Crippen LogP contribution in [0.4, 0.5) is 0 Å². The van der Waals surface area contributed by atoms with Crippen LogP contribution in [0.1, 0.15) is 12.6 Å². The monoisotopic (exact) mass is 326 g/mol. The fourth-order valence-electron chi connectivity index (χ4n) is 2.34. The molecule has 0 aliphatic carbocycles. The van der Waals surface area contributed by atoms with E-state index >= 15 is 0 Å². The van der Waals surface area contributed by atoms with Gasteiger partial charge < -0.3 is 4.98 Å². The molecule has 1 aromatic carbocycles. The number of nitrogens with one attached hydrogen (secondary N) is 1. The minimum atomic E-state index is 0.576. The van der Waals surface area contributed by atoms with E-state index in [0.717, 1.165) is 29.0 Å². The second kappa shape index (κ2) is 4.91. The van der Waals surface area contributed by atoms with Crippen molar-refractivity contribution in [2.24, 2.45) is 7.05 Å². The molecule has 0 amide bonds. The smallest absolute Gasteiger partial charge is 0.184 e. The Morgan fingerprint density at radius 2 is 2.10 bits per heavy atom. The lowest BCUT2D eigenvalue weighted by molar-refractivity contribution is 0.748. The molecule has 0 aliphatic heterocycles. The zero-order chi connectivity index (χ0) is 14.4. The van der Waals surface area contributed by atoms with Gasteiger partial charge in [0.2, 0.25) is 0 Å². The summed E-state index contributed by atoms with van der Waals surface area (Å²) in [5.74, 6) is 0. The second-order valence-corrected chi connectivity index (χ2v) is 5.71. The predicted octanol–water partition coefficient (Wildman–Crippen LogP) is 4.29. The Labute approximate surface area is 130 Å². The largest absolute Gasteiger partial charge is 0.327 e. The molecule has 0 saturated carbocycles. The Morgan fingerprint density at radius 1 is 1.35 bits per heavy atom. The standard InChI is InChI=1S/C13H12Cl2N4S/c1-3-9-11-12(18(2)17-9)19(13(20)16-11)10-6-7(14)4-5-8(10)15/h4-6H,3H2,1-2H3,(H,16,20). The number of H-pyrrole nitrogens is 1. The molecule has 3 aromatic rings. The van der Waals surface area contributed by atoms with Crippen LogP contribution in [0.2, 0.25) is 10.0 Å². The fourth-order valence-corrected chi connectivity index (χ4v) is 3.00. The van der Waals surface area contributed by atoms with E-state index in [4.69, 9.17) is 35.4 Å². The molecule has 0 saturated heterocycles. The summed E-state index contributed by atoms with van der Waals surface area (Å²) >= 11 is 17.8. The number of imidazole rings is 1. The van der Waals surface area contributed by atoms with Crippen molar-refractivity contribution in [1.82, 2.24) is 19.3 Å². The van der Waals surface area contributed by atoms with E-state index in [1.807, 2.05) is 11.6 Å². The Balaban J connectivity index is 2.42. The minimum absolute atomic E-state index is 0.576. The van der Waals surface area contributed by atoms with Crippen LogP contribution in [-0.4, -0.2) is 19.3 Å². The molecule has 2 heterocycles. The maximum atomic E-state index is 6.28. The number of aromatic nitrogens is 4. The molecule has 104 valence electrons. The molecule has 0 unspecified atom stereocenters. The Bertz CT molecular complexity index is 859. The summed E-state index contributed by atoms with van der Waals surface area (Å²) in [6.07, 6.45) is 0.829. The number of nitrogens with zero attached hydrogens (tertiary/aromatic N) is 3. The van der Waals surface area contributed by atoms with Crippen LogP contribution in [0.15, 0.2) is 18.2 Å². The topological polar surface area (TPSA) is 38.5 Å². The molecule has 4 nitrogen and oxygen atoms in total. The van der Waals surface area contributed by atoms with Gasteiger partial charge in [-0.15, -0.1) is 0 Å². The molecule has 0 spiro atoms. The van der Waals surface area contributed by atoms with Crippen molar-refractivity contribution in [3.63, 3.8) is 0 Å². The molecular formula is C13H12Cl2N4S. The molecule has 0 radical (unpaired) electrons. The summed E-state index contributed by atoms with van der Waals surface area (Å²) in [4.78, 5) is 3.21. The third-order valence-corrected chi connectivity index (χ3v) is 4.06. The SMILES string of the molecule is CCc1nn(C)c2c1[nH]c(=S)n2-c1cc(Cl)ccc1Cl. The first-order chi connectivity index (χ1) is 9.52. The summed E-state index contributed by atoms with van der Waals surface area (Å²) in [6, 6.07) is 5.31. The van der Waals surface area contributed by atoms with Gasteiger partial charge in [-0.1, -0.05) is 30.1 Å². The number of aromatic amines is 1. The van der Waals surface area contributed by atoms with Crippen LogP contribution < -0.4 is 0 Å². The van der Waals surface area contributed by atoms with Gasteiger partial charge in [0, 0.05) is 12.1 Å². The Kier molecular flexibility index (Phi) is 3.36. The van der Waals surface area contributed by atoms with Gasteiger partial charge in [-0.2, -0.15) is 5.10 Å². The van der Waals surface area contributed by atoms with Gasteiger partial charge in [-0.25, -0.2) is 4.68 Å². The number of hydrogen-bond donors (Lipinski definition) is 1. The normalized spacial score (nSPS) is 11.4. The van der Waals surface area contributed by atoms with Crippen molar-refractivity contribution in [1.29, 1.82) is 0 Å². The number of benzene rings is 1. The van der Waals surface area contributed by atoms with Crippen molar-refractivity contribution in [2.75, 3.05) is 0 Å². The summed E-state index contributed by atoms with van der Waals surface area (Å²) < 4.78 is 4.25. The van der Waals surface area contributed by atoms with Gasteiger partial charge in [-0.05, 0) is 36.8 Å². The summed E-state index contributed by atoms with van der Waals surface area (Å²) in [6.45, 7) is 2.06. The molecule has 3 rings (SSSR count). The Hall–Kier alpha value is -1.30. The van der Waals surface area contributed by atoms with E-state index in [1.54, 1.807) is 22.9 Å². The van der Waals surface area contributed by atoms with Crippen molar-refractivity contribution in [2.45, 2.75) is 13.3 Å². The first-order valence-electron chi connectivity index (χ1n) is 6.15. The van der Waals surface area contributed by atoms with E-state index in [0.29, 0.717) is 14.8 Å². The molecule has 20 heavy (non-hydrogen) atoms. The highest BCUT2D eigenvalue weighted by Gasteiger charge is 2.17. The maximum Gasteiger partial charge on any atom is 0.184 e. The molecule has 0 atom stereocenters. The first-order valence-corrected chi connectivity index (χ1v) is 7.31. The molecule has 0 bridgehead atoms. The molecular weight excluding hydrogens is 315 g/mol. The number of aryl methyl sites for hydroxylation is 2. The van der Waals surface area contributed by atoms with Crippen molar-refractivity contribution >= 4 is 46.6 Å².